The Hall–Kier alpha value is -4.51. The molecular formula is C27H27N7O4. The van der Waals surface area contributed by atoms with Crippen molar-refractivity contribution < 1.29 is 13.6 Å². The van der Waals surface area contributed by atoms with Gasteiger partial charge >= 0.3 is 0 Å². The van der Waals surface area contributed by atoms with Crippen LogP contribution in [-0.2, 0) is 6.54 Å². The van der Waals surface area contributed by atoms with Crippen LogP contribution in [0.15, 0.2) is 68.6 Å². The van der Waals surface area contributed by atoms with Gasteiger partial charge in [-0.25, -0.2) is 4.68 Å². The summed E-state index contributed by atoms with van der Waals surface area (Å²) in [6.45, 7) is 6.36. The summed E-state index contributed by atoms with van der Waals surface area (Å²) in [6.07, 6.45) is 3.10. The second kappa shape index (κ2) is 9.75. The molecule has 4 aromatic heterocycles. The van der Waals surface area contributed by atoms with E-state index in [1.807, 2.05) is 38.1 Å². The molecule has 194 valence electrons. The van der Waals surface area contributed by atoms with E-state index in [0.717, 1.165) is 22.0 Å². The molecule has 0 aliphatic carbocycles. The topological polar surface area (TPSA) is 126 Å². The smallest absolute Gasteiger partial charge is 0.289 e. The quantitative estimate of drug-likeness (QED) is 0.367. The van der Waals surface area contributed by atoms with Gasteiger partial charge in [-0.05, 0) is 71.8 Å². The van der Waals surface area contributed by atoms with E-state index < -0.39 is 6.04 Å². The molecule has 0 spiro atoms. The highest BCUT2D eigenvalue weighted by Crippen LogP contribution is 2.29. The van der Waals surface area contributed by atoms with Gasteiger partial charge in [-0.15, -0.1) is 5.10 Å². The molecule has 1 fully saturated rings. The summed E-state index contributed by atoms with van der Waals surface area (Å²) in [7, 11) is 0. The average Bonchev–Trinajstić information content (AvgIpc) is 3.69. The SMILES string of the molecule is Cc1cc(C)c2cc(C(c3nnnn3Cc3ccco3)N3CCN(C(=O)c4ccco4)CC3)c(=O)[nH]c2c1. The van der Waals surface area contributed by atoms with Crippen molar-refractivity contribution in [3.8, 4) is 0 Å². The lowest BCUT2D eigenvalue weighted by Crippen LogP contribution is -2.50. The number of pyridine rings is 1. The minimum Gasteiger partial charge on any atom is -0.467 e. The number of carbonyl (C=O) groups is 1. The van der Waals surface area contributed by atoms with Crippen molar-refractivity contribution in [1.82, 2.24) is 35.0 Å². The Labute approximate surface area is 217 Å². The molecule has 1 saturated heterocycles. The van der Waals surface area contributed by atoms with Gasteiger partial charge in [0.2, 0.25) is 0 Å². The highest BCUT2D eigenvalue weighted by atomic mass is 16.3. The fourth-order valence-electron chi connectivity index (χ4n) is 5.20. The number of aryl methyl sites for hydroxylation is 2. The van der Waals surface area contributed by atoms with Gasteiger partial charge in [0.1, 0.15) is 18.3 Å². The molecule has 1 aliphatic heterocycles. The van der Waals surface area contributed by atoms with Crippen LogP contribution >= 0.6 is 0 Å². The third kappa shape index (κ3) is 4.41. The highest BCUT2D eigenvalue weighted by Gasteiger charge is 2.34. The van der Waals surface area contributed by atoms with E-state index >= 15 is 0 Å². The minimum atomic E-state index is -0.533. The van der Waals surface area contributed by atoms with Gasteiger partial charge in [-0.1, -0.05) is 6.07 Å². The van der Waals surface area contributed by atoms with E-state index in [1.54, 1.807) is 28.0 Å². The number of amides is 1. The first kappa shape index (κ1) is 23.9. The van der Waals surface area contributed by atoms with E-state index in [0.29, 0.717) is 55.6 Å². The van der Waals surface area contributed by atoms with Crippen molar-refractivity contribution in [2.75, 3.05) is 26.2 Å². The van der Waals surface area contributed by atoms with Crippen molar-refractivity contribution in [3.63, 3.8) is 0 Å². The first-order valence-electron chi connectivity index (χ1n) is 12.5. The van der Waals surface area contributed by atoms with Crippen LogP contribution in [0.25, 0.3) is 10.9 Å². The fraction of sp³-hybridized carbons (Fsp3) is 0.296. The molecule has 1 N–H and O–H groups in total. The zero-order valence-corrected chi connectivity index (χ0v) is 21.1. The molecule has 11 nitrogen and oxygen atoms in total. The predicted molar refractivity (Wildman–Crippen MR) is 138 cm³/mol. The first-order chi connectivity index (χ1) is 18.5. The molecule has 6 rings (SSSR count). The monoisotopic (exact) mass is 513 g/mol. The van der Waals surface area contributed by atoms with Crippen LogP contribution in [-0.4, -0.2) is 67.1 Å². The zero-order valence-electron chi connectivity index (χ0n) is 21.1. The van der Waals surface area contributed by atoms with Crippen LogP contribution in [0.4, 0.5) is 0 Å². The number of nitrogens with one attached hydrogen (secondary N) is 1. The molecule has 1 aliphatic rings. The maximum Gasteiger partial charge on any atom is 0.289 e. The summed E-state index contributed by atoms with van der Waals surface area (Å²) in [5.41, 5.74) is 3.29. The van der Waals surface area contributed by atoms with E-state index in [2.05, 4.69) is 31.5 Å². The molecule has 1 unspecified atom stereocenters. The molecule has 0 saturated carbocycles. The number of fused-ring (bicyclic) bond motifs is 1. The lowest BCUT2D eigenvalue weighted by Gasteiger charge is -2.38. The number of aromatic nitrogens is 5. The maximum atomic E-state index is 13.5. The molecular weight excluding hydrogens is 486 g/mol. The van der Waals surface area contributed by atoms with Gasteiger partial charge in [-0.3, -0.25) is 14.5 Å². The van der Waals surface area contributed by atoms with Crippen LogP contribution in [0.1, 0.15) is 44.9 Å². The summed E-state index contributed by atoms with van der Waals surface area (Å²) < 4.78 is 12.5. The summed E-state index contributed by atoms with van der Waals surface area (Å²) in [5.74, 6) is 1.39. The van der Waals surface area contributed by atoms with Crippen LogP contribution in [0.5, 0.6) is 0 Å². The van der Waals surface area contributed by atoms with Crippen molar-refractivity contribution in [1.29, 1.82) is 0 Å². The number of rotatable bonds is 6. The van der Waals surface area contributed by atoms with Crippen LogP contribution < -0.4 is 5.56 Å². The number of furan rings is 2. The number of tetrazole rings is 1. The predicted octanol–water partition coefficient (Wildman–Crippen LogP) is 2.91. The summed E-state index contributed by atoms with van der Waals surface area (Å²) in [6, 6.07) is 12.5. The standard InChI is InChI=1S/C27H27N7O4/c1-17-13-18(2)20-15-21(26(35)28-22(20)14-17)24(25-29-30-31-34(25)16-19-5-3-11-37-19)32-7-9-33(10-8-32)27(36)23-6-4-12-38-23/h3-6,11-15,24H,7-10,16H2,1-2H3,(H,28,35). The maximum absolute atomic E-state index is 13.5. The molecule has 11 heteroatoms. The molecule has 0 bridgehead atoms. The van der Waals surface area contributed by atoms with Crippen LogP contribution in [0.3, 0.4) is 0 Å². The van der Waals surface area contributed by atoms with Crippen molar-refractivity contribution in [2.24, 2.45) is 0 Å². The van der Waals surface area contributed by atoms with Gasteiger partial charge in [0, 0.05) is 42.6 Å². The number of aromatic amines is 1. The molecule has 38 heavy (non-hydrogen) atoms. The lowest BCUT2D eigenvalue weighted by molar-refractivity contribution is 0.0558. The van der Waals surface area contributed by atoms with Crippen molar-refractivity contribution in [2.45, 2.75) is 26.4 Å². The van der Waals surface area contributed by atoms with E-state index in [-0.39, 0.29) is 11.5 Å². The van der Waals surface area contributed by atoms with Gasteiger partial charge in [0.15, 0.2) is 11.6 Å². The van der Waals surface area contributed by atoms with Gasteiger partial charge in [0.05, 0.1) is 12.5 Å². The highest BCUT2D eigenvalue weighted by molar-refractivity contribution is 5.91. The van der Waals surface area contributed by atoms with Gasteiger partial charge in [0.25, 0.3) is 11.5 Å². The Morgan fingerprint density at radius 1 is 1.05 bits per heavy atom. The molecule has 5 heterocycles. The van der Waals surface area contributed by atoms with E-state index in [4.69, 9.17) is 8.83 Å². The normalized spacial score (nSPS) is 15.3. The lowest BCUT2D eigenvalue weighted by atomic mass is 9.99. The van der Waals surface area contributed by atoms with E-state index in [1.165, 1.54) is 6.26 Å². The second-order valence-corrected chi connectivity index (χ2v) is 9.58. The largest absolute Gasteiger partial charge is 0.467 e. The number of piperazine rings is 1. The Kier molecular flexibility index (Phi) is 6.12. The van der Waals surface area contributed by atoms with Crippen molar-refractivity contribution >= 4 is 16.8 Å². The summed E-state index contributed by atoms with van der Waals surface area (Å²) in [4.78, 5) is 33.4. The Bertz CT molecular complexity index is 1630. The number of benzene rings is 1. The molecule has 5 aromatic rings. The zero-order chi connectivity index (χ0) is 26.2. The van der Waals surface area contributed by atoms with Gasteiger partial charge < -0.3 is 18.7 Å². The summed E-state index contributed by atoms with van der Waals surface area (Å²) >= 11 is 0. The van der Waals surface area contributed by atoms with E-state index in [9.17, 15) is 9.59 Å². The average molecular weight is 514 g/mol. The van der Waals surface area contributed by atoms with Crippen molar-refractivity contribution in [3.05, 3.63) is 99.4 Å². The number of nitrogens with zero attached hydrogens (tertiary/aromatic N) is 6. The number of hydrogen-bond donors (Lipinski definition) is 1. The molecule has 1 amide bonds. The number of H-pyrrole nitrogens is 1. The van der Waals surface area contributed by atoms with Crippen LogP contribution in [0.2, 0.25) is 0 Å². The number of carbonyl (C=O) groups excluding carboxylic acids is 1. The fourth-order valence-corrected chi connectivity index (χ4v) is 5.20. The van der Waals surface area contributed by atoms with Crippen LogP contribution in [0, 0.1) is 13.8 Å². The molecule has 1 aromatic carbocycles. The first-order valence-corrected chi connectivity index (χ1v) is 12.5. The Morgan fingerprint density at radius 3 is 2.58 bits per heavy atom. The Morgan fingerprint density at radius 2 is 1.84 bits per heavy atom. The third-order valence-corrected chi connectivity index (χ3v) is 7.02. The third-order valence-electron chi connectivity index (χ3n) is 7.02. The minimum absolute atomic E-state index is 0.150. The molecule has 0 radical (unpaired) electrons. The summed E-state index contributed by atoms with van der Waals surface area (Å²) in [5, 5.41) is 13.5. The van der Waals surface area contributed by atoms with Gasteiger partial charge in [-0.2, -0.15) is 0 Å². The molecule has 1 atom stereocenters. The Balaban J connectivity index is 1.39. The second-order valence-electron chi connectivity index (χ2n) is 9.58. The number of hydrogen-bond acceptors (Lipinski definition) is 8.